The van der Waals surface area contributed by atoms with Crippen LogP contribution < -0.4 is 15.5 Å². The molecule has 2 atom stereocenters. The predicted octanol–water partition coefficient (Wildman–Crippen LogP) is 2.11. The van der Waals surface area contributed by atoms with Crippen LogP contribution in [0.5, 0.6) is 11.5 Å². The quantitative estimate of drug-likeness (QED) is 0.424. The lowest BCUT2D eigenvalue weighted by atomic mass is 10.0. The van der Waals surface area contributed by atoms with Crippen molar-refractivity contribution < 1.29 is 19.9 Å². The van der Waals surface area contributed by atoms with Crippen LogP contribution in [0.1, 0.15) is 32.5 Å². The van der Waals surface area contributed by atoms with Crippen molar-refractivity contribution in [2.45, 2.75) is 19.1 Å². The highest BCUT2D eigenvalue weighted by Crippen LogP contribution is 2.45. The lowest BCUT2D eigenvalue weighted by Crippen LogP contribution is -3.08. The molecule has 3 heterocycles. The van der Waals surface area contributed by atoms with Gasteiger partial charge in [0.2, 0.25) is 0 Å². The van der Waals surface area contributed by atoms with Gasteiger partial charge in [0.05, 0.1) is 28.5 Å². The number of phenols is 2. The van der Waals surface area contributed by atoms with Gasteiger partial charge in [-0.15, -0.1) is 11.3 Å². The first-order chi connectivity index (χ1) is 11.9. The summed E-state index contributed by atoms with van der Waals surface area (Å²) in [6, 6.07) is 1.60. The van der Waals surface area contributed by atoms with E-state index in [4.69, 9.17) is 0 Å². The molecule has 0 radical (unpaired) electrons. The molecule has 2 aromatic rings. The molecule has 0 saturated heterocycles. The maximum absolute atomic E-state index is 12.7. The Morgan fingerprint density at radius 2 is 2.04 bits per heavy atom. The van der Waals surface area contributed by atoms with Crippen LogP contribution in [0.15, 0.2) is 15.0 Å². The number of benzene rings is 1. The van der Waals surface area contributed by atoms with Crippen LogP contribution in [0.4, 0.5) is 5.00 Å². The highest BCUT2D eigenvalue weighted by Gasteiger charge is 2.35. The van der Waals surface area contributed by atoms with Crippen molar-refractivity contribution in [1.82, 2.24) is 5.32 Å². The minimum Gasteiger partial charge on any atom is -0.506 e. The SMILES string of the molecule is C[NH+]1CCc2c(sc3c2C(=O)N[C@@H](c2cc(Br)c(O)c(Br)c2O)N3)C1. The van der Waals surface area contributed by atoms with Gasteiger partial charge in [-0.1, -0.05) is 0 Å². The molecule has 0 fully saturated rings. The summed E-state index contributed by atoms with van der Waals surface area (Å²) >= 11 is 8.06. The van der Waals surface area contributed by atoms with Crippen molar-refractivity contribution in [2.24, 2.45) is 0 Å². The molecule has 5 N–H and O–H groups in total. The first-order valence-electron chi connectivity index (χ1n) is 7.80. The second-order valence-corrected chi connectivity index (χ2v) is 9.10. The van der Waals surface area contributed by atoms with Crippen LogP contribution in [0.3, 0.4) is 0 Å². The standard InChI is InChI=1S/C16H15Br2N3O3S/c1-21-3-2-6-9(5-21)25-16-10(6)15(24)19-14(20-16)7-4-8(17)13(23)11(18)12(7)22/h4,14,20,22-23H,2-3,5H2,1H3,(H,19,24)/p+1/t14-/m1/s1. The van der Waals surface area contributed by atoms with E-state index in [1.165, 1.54) is 9.78 Å². The number of thiophene rings is 1. The number of likely N-dealkylation sites (N-methyl/N-ethyl adjacent to an activating group) is 1. The van der Waals surface area contributed by atoms with Gasteiger partial charge in [-0.05, 0) is 43.5 Å². The van der Waals surface area contributed by atoms with E-state index in [0.717, 1.165) is 35.6 Å². The fraction of sp³-hybridized carbons (Fsp3) is 0.312. The van der Waals surface area contributed by atoms with Crippen molar-refractivity contribution in [3.63, 3.8) is 0 Å². The lowest BCUT2D eigenvalue weighted by Gasteiger charge is -2.28. The maximum Gasteiger partial charge on any atom is 0.256 e. The molecule has 9 heteroatoms. The molecule has 0 saturated carbocycles. The van der Waals surface area contributed by atoms with E-state index in [-0.39, 0.29) is 21.9 Å². The number of rotatable bonds is 1. The second kappa shape index (κ2) is 6.15. The van der Waals surface area contributed by atoms with Crippen LogP contribution in [0.25, 0.3) is 0 Å². The van der Waals surface area contributed by atoms with Crippen LogP contribution in [0.2, 0.25) is 0 Å². The van der Waals surface area contributed by atoms with Gasteiger partial charge in [-0.3, -0.25) is 4.79 Å². The number of carbonyl (C=O) groups excluding carboxylic acids is 1. The number of quaternary nitrogens is 1. The molecule has 1 aromatic carbocycles. The van der Waals surface area contributed by atoms with E-state index in [1.54, 1.807) is 17.4 Å². The van der Waals surface area contributed by atoms with Gasteiger partial charge < -0.3 is 25.7 Å². The summed E-state index contributed by atoms with van der Waals surface area (Å²) < 4.78 is 0.624. The van der Waals surface area contributed by atoms with Crippen molar-refractivity contribution >= 4 is 54.1 Å². The number of hydrogen-bond acceptors (Lipinski definition) is 5. The molecule has 0 aliphatic carbocycles. The molecule has 25 heavy (non-hydrogen) atoms. The Bertz CT molecular complexity index is 899. The molecule has 6 nitrogen and oxygen atoms in total. The Morgan fingerprint density at radius 3 is 2.80 bits per heavy atom. The summed E-state index contributed by atoms with van der Waals surface area (Å²) in [5.41, 5.74) is 2.36. The Hall–Kier alpha value is -1.29. The molecular weight excluding hydrogens is 474 g/mol. The molecule has 2 aliphatic rings. The largest absolute Gasteiger partial charge is 0.506 e. The Kier molecular flexibility index (Phi) is 4.22. The van der Waals surface area contributed by atoms with E-state index < -0.39 is 6.17 Å². The summed E-state index contributed by atoms with van der Waals surface area (Å²) in [7, 11) is 2.15. The third-order valence-electron chi connectivity index (χ3n) is 4.64. The summed E-state index contributed by atoms with van der Waals surface area (Å²) in [6.45, 7) is 1.94. The zero-order valence-corrected chi connectivity index (χ0v) is 17.2. The number of phenolic OH excluding ortho intramolecular Hbond substituents is 2. The summed E-state index contributed by atoms with van der Waals surface area (Å²) in [4.78, 5) is 15.4. The first kappa shape index (κ1) is 17.1. The Balaban J connectivity index is 1.75. The Labute approximate surface area is 165 Å². The number of hydrogen-bond donors (Lipinski definition) is 5. The average molecular weight is 490 g/mol. The molecule has 0 bridgehead atoms. The maximum atomic E-state index is 12.7. The summed E-state index contributed by atoms with van der Waals surface area (Å²) in [6.07, 6.45) is 0.326. The fourth-order valence-corrected chi connectivity index (χ4v) is 5.87. The molecule has 132 valence electrons. The molecule has 1 amide bonds. The third-order valence-corrected chi connectivity index (χ3v) is 7.16. The van der Waals surface area contributed by atoms with Gasteiger partial charge in [0.1, 0.15) is 33.7 Å². The van der Waals surface area contributed by atoms with Crippen LogP contribution in [-0.2, 0) is 13.0 Å². The average Bonchev–Trinajstić information content (AvgIpc) is 2.93. The van der Waals surface area contributed by atoms with Gasteiger partial charge in [0.15, 0.2) is 0 Å². The van der Waals surface area contributed by atoms with Gasteiger partial charge in [0.25, 0.3) is 5.91 Å². The van der Waals surface area contributed by atoms with Crippen molar-refractivity contribution in [3.05, 3.63) is 36.6 Å². The van der Waals surface area contributed by atoms with Crippen LogP contribution >= 0.6 is 43.2 Å². The van der Waals surface area contributed by atoms with E-state index in [9.17, 15) is 15.0 Å². The van der Waals surface area contributed by atoms with Crippen LogP contribution in [0, 0.1) is 0 Å². The second-order valence-electron chi connectivity index (χ2n) is 6.35. The number of halogens is 2. The minimum absolute atomic E-state index is 0.0818. The zero-order chi connectivity index (χ0) is 17.9. The number of carbonyl (C=O) groups is 1. The lowest BCUT2D eigenvalue weighted by molar-refractivity contribution is -0.895. The zero-order valence-electron chi connectivity index (χ0n) is 13.2. The molecule has 0 spiro atoms. The summed E-state index contributed by atoms with van der Waals surface area (Å²) in [5.74, 6) is -0.315. The van der Waals surface area contributed by atoms with Gasteiger partial charge in [-0.2, -0.15) is 0 Å². The predicted molar refractivity (Wildman–Crippen MR) is 102 cm³/mol. The smallest absolute Gasteiger partial charge is 0.256 e. The monoisotopic (exact) mass is 488 g/mol. The van der Waals surface area contributed by atoms with Gasteiger partial charge >= 0.3 is 0 Å². The van der Waals surface area contributed by atoms with E-state index in [2.05, 4.69) is 49.5 Å². The van der Waals surface area contributed by atoms with E-state index >= 15 is 0 Å². The molecule has 1 aromatic heterocycles. The number of anilines is 1. The van der Waals surface area contributed by atoms with E-state index in [0.29, 0.717) is 10.0 Å². The first-order valence-corrected chi connectivity index (χ1v) is 10.2. The van der Waals surface area contributed by atoms with Crippen molar-refractivity contribution in [1.29, 1.82) is 0 Å². The number of amides is 1. The fourth-order valence-electron chi connectivity index (χ4n) is 3.33. The highest BCUT2D eigenvalue weighted by molar-refractivity contribution is 9.11. The normalized spacial score (nSPS) is 22.0. The van der Waals surface area contributed by atoms with Crippen LogP contribution in [-0.4, -0.2) is 29.7 Å². The Morgan fingerprint density at radius 1 is 1.28 bits per heavy atom. The number of fused-ring (bicyclic) bond motifs is 3. The third kappa shape index (κ3) is 2.73. The van der Waals surface area contributed by atoms with Crippen molar-refractivity contribution in [3.8, 4) is 11.5 Å². The van der Waals surface area contributed by atoms with Gasteiger partial charge in [-0.25, -0.2) is 0 Å². The van der Waals surface area contributed by atoms with E-state index in [1.807, 2.05) is 0 Å². The van der Waals surface area contributed by atoms with Crippen molar-refractivity contribution in [2.75, 3.05) is 18.9 Å². The topological polar surface area (TPSA) is 86.0 Å². The summed E-state index contributed by atoms with van der Waals surface area (Å²) in [5, 5.41) is 27.3. The number of aromatic hydroxyl groups is 2. The molecular formula is C16H16Br2N3O3S+. The van der Waals surface area contributed by atoms with Gasteiger partial charge in [0, 0.05) is 12.0 Å². The molecule has 4 rings (SSSR count). The highest BCUT2D eigenvalue weighted by atomic mass is 79.9. The minimum atomic E-state index is -0.571. The number of nitrogens with one attached hydrogen (secondary N) is 3. The molecule has 1 unspecified atom stereocenters. The molecule has 2 aliphatic heterocycles.